The predicted octanol–water partition coefficient (Wildman–Crippen LogP) is 1.90. The molecule has 0 spiro atoms. The van der Waals surface area contributed by atoms with E-state index in [1.54, 1.807) is 0 Å². The molecule has 0 unspecified atom stereocenters. The third-order valence-corrected chi connectivity index (χ3v) is 3.64. The number of aromatic hydroxyl groups is 2. The molecule has 0 saturated carbocycles. The summed E-state index contributed by atoms with van der Waals surface area (Å²) in [5, 5.41) is 18.3. The van der Waals surface area contributed by atoms with Gasteiger partial charge in [0.2, 0.25) is 0 Å². The molecule has 0 saturated heterocycles. The molecule has 6 heteroatoms. The smallest absolute Gasteiger partial charge is 0.261 e. The summed E-state index contributed by atoms with van der Waals surface area (Å²) in [5.74, 6) is -0.0350. The summed E-state index contributed by atoms with van der Waals surface area (Å²) >= 11 is 0. The van der Waals surface area contributed by atoms with E-state index < -0.39 is 10.0 Å². The summed E-state index contributed by atoms with van der Waals surface area (Å²) in [6.45, 7) is 0. The van der Waals surface area contributed by atoms with Crippen LogP contribution in [0, 0.1) is 0 Å². The molecule has 2 rings (SSSR count). The molecule has 2 aromatic carbocycles. The molecule has 3 N–H and O–H groups in total. The third kappa shape index (κ3) is 2.72. The van der Waals surface area contributed by atoms with Gasteiger partial charge in [-0.05, 0) is 36.4 Å². The number of nitrogens with one attached hydrogen (secondary N) is 1. The largest absolute Gasteiger partial charge is 0.508 e. The number of anilines is 1. The zero-order valence-corrected chi connectivity index (χ0v) is 10.1. The molecule has 0 heterocycles. The lowest BCUT2D eigenvalue weighted by molar-refractivity contribution is 0.474. The molecule has 0 aliphatic carbocycles. The fraction of sp³-hybridized carbons (Fsp3) is 0. The number of phenolic OH excluding ortho intramolecular Hbond substituents is 2. The van der Waals surface area contributed by atoms with Gasteiger partial charge >= 0.3 is 0 Å². The van der Waals surface area contributed by atoms with Crippen molar-refractivity contribution in [3.05, 3.63) is 48.5 Å². The quantitative estimate of drug-likeness (QED) is 0.791. The van der Waals surface area contributed by atoms with Crippen molar-refractivity contribution >= 4 is 15.7 Å². The minimum absolute atomic E-state index is 0.00805. The highest BCUT2D eigenvalue weighted by atomic mass is 32.2. The summed E-state index contributed by atoms with van der Waals surface area (Å²) in [5.41, 5.74) is 0.267. The Morgan fingerprint density at radius 3 is 2.17 bits per heavy atom. The number of benzene rings is 2. The van der Waals surface area contributed by atoms with E-state index >= 15 is 0 Å². The Bertz CT molecular complexity index is 650. The Kier molecular flexibility index (Phi) is 3.12. The van der Waals surface area contributed by atoms with Crippen LogP contribution >= 0.6 is 0 Å². The topological polar surface area (TPSA) is 86.6 Å². The van der Waals surface area contributed by atoms with E-state index in [-0.39, 0.29) is 22.1 Å². The molecular weight excluding hydrogens is 254 g/mol. The highest BCUT2D eigenvalue weighted by molar-refractivity contribution is 7.92. The molecular formula is C12H11NO4S. The number of hydrogen-bond acceptors (Lipinski definition) is 4. The van der Waals surface area contributed by atoms with Gasteiger partial charge in [0.15, 0.2) is 0 Å². The van der Waals surface area contributed by atoms with Gasteiger partial charge in [0, 0.05) is 6.07 Å². The van der Waals surface area contributed by atoms with Crippen LogP contribution in [-0.2, 0) is 10.0 Å². The van der Waals surface area contributed by atoms with Gasteiger partial charge in [0.1, 0.15) is 11.5 Å². The maximum absolute atomic E-state index is 11.9. The zero-order chi connectivity index (χ0) is 13.2. The SMILES string of the molecule is O=S(=O)(Nc1cccc(O)c1)c1ccc(O)cc1. The van der Waals surface area contributed by atoms with Crippen molar-refractivity contribution in [3.8, 4) is 11.5 Å². The summed E-state index contributed by atoms with van der Waals surface area (Å²) in [4.78, 5) is 0.0312. The van der Waals surface area contributed by atoms with E-state index in [2.05, 4.69) is 4.72 Å². The van der Waals surface area contributed by atoms with Gasteiger partial charge in [-0.25, -0.2) is 8.42 Å². The highest BCUT2D eigenvalue weighted by Crippen LogP contribution is 2.20. The van der Waals surface area contributed by atoms with E-state index in [1.165, 1.54) is 48.5 Å². The number of sulfonamides is 1. The van der Waals surface area contributed by atoms with Crippen LogP contribution in [0.4, 0.5) is 5.69 Å². The second-order valence-electron chi connectivity index (χ2n) is 3.65. The van der Waals surface area contributed by atoms with E-state index in [0.29, 0.717) is 0 Å². The summed E-state index contributed by atoms with van der Waals surface area (Å²) in [6, 6.07) is 11.0. The first-order valence-electron chi connectivity index (χ1n) is 5.08. The molecule has 5 nitrogen and oxygen atoms in total. The van der Waals surface area contributed by atoms with E-state index in [9.17, 15) is 13.5 Å². The van der Waals surface area contributed by atoms with Gasteiger partial charge in [0.05, 0.1) is 10.6 Å². The van der Waals surface area contributed by atoms with Crippen LogP contribution in [0.25, 0.3) is 0 Å². The van der Waals surface area contributed by atoms with Gasteiger partial charge in [-0.1, -0.05) is 6.07 Å². The van der Waals surface area contributed by atoms with Crippen molar-refractivity contribution in [1.82, 2.24) is 0 Å². The molecule has 2 aromatic rings. The molecule has 0 aliphatic heterocycles. The summed E-state index contributed by atoms with van der Waals surface area (Å²) in [7, 11) is -3.72. The maximum Gasteiger partial charge on any atom is 0.261 e. The molecule has 0 bridgehead atoms. The molecule has 0 amide bonds. The van der Waals surface area contributed by atoms with E-state index in [4.69, 9.17) is 5.11 Å². The van der Waals surface area contributed by atoms with E-state index in [1.807, 2.05) is 0 Å². The number of rotatable bonds is 3. The van der Waals surface area contributed by atoms with Crippen molar-refractivity contribution < 1.29 is 18.6 Å². The lowest BCUT2D eigenvalue weighted by Gasteiger charge is -2.08. The Hall–Kier alpha value is -2.21. The van der Waals surface area contributed by atoms with Crippen LogP contribution in [0.3, 0.4) is 0 Å². The minimum atomic E-state index is -3.72. The maximum atomic E-state index is 11.9. The molecule has 18 heavy (non-hydrogen) atoms. The van der Waals surface area contributed by atoms with Gasteiger partial charge in [-0.3, -0.25) is 4.72 Å². The number of hydrogen-bond donors (Lipinski definition) is 3. The fourth-order valence-electron chi connectivity index (χ4n) is 1.41. The average Bonchev–Trinajstić information content (AvgIpc) is 2.29. The third-order valence-electron chi connectivity index (χ3n) is 2.25. The first-order chi connectivity index (χ1) is 8.47. The van der Waals surface area contributed by atoms with Crippen LogP contribution in [-0.4, -0.2) is 18.6 Å². The first kappa shape index (κ1) is 12.3. The van der Waals surface area contributed by atoms with Gasteiger partial charge in [-0.2, -0.15) is 0 Å². The standard InChI is InChI=1S/C12H11NO4S/c14-10-4-6-12(7-5-10)18(16,17)13-9-2-1-3-11(15)8-9/h1-8,13-15H. The van der Waals surface area contributed by atoms with Gasteiger partial charge in [-0.15, -0.1) is 0 Å². The van der Waals surface area contributed by atoms with Crippen molar-refractivity contribution in [3.63, 3.8) is 0 Å². The highest BCUT2D eigenvalue weighted by Gasteiger charge is 2.13. The Balaban J connectivity index is 2.30. The Labute approximate surface area is 104 Å². The second-order valence-corrected chi connectivity index (χ2v) is 5.33. The zero-order valence-electron chi connectivity index (χ0n) is 9.24. The Morgan fingerprint density at radius 1 is 0.889 bits per heavy atom. The molecule has 94 valence electrons. The lowest BCUT2D eigenvalue weighted by Crippen LogP contribution is -2.12. The van der Waals surface area contributed by atoms with Crippen LogP contribution in [0.15, 0.2) is 53.4 Å². The molecule has 0 aromatic heterocycles. The van der Waals surface area contributed by atoms with E-state index in [0.717, 1.165) is 0 Å². The van der Waals surface area contributed by atoms with Gasteiger partial charge in [0.25, 0.3) is 10.0 Å². The van der Waals surface area contributed by atoms with Crippen LogP contribution in [0.2, 0.25) is 0 Å². The van der Waals surface area contributed by atoms with Crippen molar-refractivity contribution in [1.29, 1.82) is 0 Å². The Morgan fingerprint density at radius 2 is 1.56 bits per heavy atom. The number of phenols is 2. The second kappa shape index (κ2) is 4.58. The lowest BCUT2D eigenvalue weighted by atomic mass is 10.3. The molecule has 0 fully saturated rings. The first-order valence-corrected chi connectivity index (χ1v) is 6.56. The van der Waals surface area contributed by atoms with Crippen molar-refractivity contribution in [2.75, 3.05) is 4.72 Å². The summed E-state index contributed by atoms with van der Waals surface area (Å²) < 4.78 is 26.2. The fourth-order valence-corrected chi connectivity index (χ4v) is 2.46. The monoisotopic (exact) mass is 265 g/mol. The van der Waals surface area contributed by atoms with Crippen molar-refractivity contribution in [2.24, 2.45) is 0 Å². The average molecular weight is 265 g/mol. The van der Waals surface area contributed by atoms with Crippen LogP contribution in [0.1, 0.15) is 0 Å². The predicted molar refractivity (Wildman–Crippen MR) is 67.0 cm³/mol. The van der Waals surface area contributed by atoms with Crippen molar-refractivity contribution in [2.45, 2.75) is 4.90 Å². The molecule has 0 aliphatic rings. The van der Waals surface area contributed by atoms with Crippen LogP contribution < -0.4 is 4.72 Å². The minimum Gasteiger partial charge on any atom is -0.508 e. The van der Waals surface area contributed by atoms with Crippen LogP contribution in [0.5, 0.6) is 11.5 Å². The normalized spacial score (nSPS) is 11.1. The summed E-state index contributed by atoms with van der Waals surface area (Å²) in [6.07, 6.45) is 0. The molecule has 0 atom stereocenters. The van der Waals surface area contributed by atoms with Gasteiger partial charge < -0.3 is 10.2 Å². The molecule has 0 radical (unpaired) electrons.